The van der Waals surface area contributed by atoms with Gasteiger partial charge in [0, 0.05) is 12.1 Å². The van der Waals surface area contributed by atoms with Crippen LogP contribution in [-0.2, 0) is 11.3 Å². The smallest absolute Gasteiger partial charge is 0.329 e. The minimum absolute atomic E-state index is 0.0960. The zero-order valence-electron chi connectivity index (χ0n) is 17.3. The highest BCUT2D eigenvalue weighted by atomic mass is 16.6. The van der Waals surface area contributed by atoms with E-state index in [1.807, 2.05) is 31.2 Å². The predicted octanol–water partition coefficient (Wildman–Crippen LogP) is 4.26. The fourth-order valence-corrected chi connectivity index (χ4v) is 3.31. The van der Waals surface area contributed by atoms with Crippen molar-refractivity contribution in [1.82, 2.24) is 10.2 Å². The summed E-state index contributed by atoms with van der Waals surface area (Å²) in [5.41, 5.74) is 2.44. The molecular formula is C23H19N3O6. The summed E-state index contributed by atoms with van der Waals surface area (Å²) in [7, 11) is 1.41. The van der Waals surface area contributed by atoms with Crippen molar-refractivity contribution in [1.29, 1.82) is 0 Å². The van der Waals surface area contributed by atoms with Crippen LogP contribution in [-0.4, -0.2) is 28.9 Å². The Labute approximate surface area is 183 Å². The van der Waals surface area contributed by atoms with E-state index in [0.717, 1.165) is 16.0 Å². The molecule has 0 aliphatic carbocycles. The third kappa shape index (κ3) is 4.08. The van der Waals surface area contributed by atoms with Gasteiger partial charge < -0.3 is 14.5 Å². The number of nitro groups is 1. The molecule has 1 aliphatic heterocycles. The van der Waals surface area contributed by atoms with E-state index in [4.69, 9.17) is 9.15 Å². The second-order valence-corrected chi connectivity index (χ2v) is 7.21. The average Bonchev–Trinajstić information content (AvgIpc) is 3.34. The average molecular weight is 433 g/mol. The molecule has 3 aromatic rings. The Hall–Kier alpha value is -4.40. The molecule has 1 N–H and O–H groups in total. The Morgan fingerprint density at radius 2 is 1.88 bits per heavy atom. The summed E-state index contributed by atoms with van der Waals surface area (Å²) in [5, 5.41) is 13.5. The van der Waals surface area contributed by atoms with Crippen LogP contribution < -0.4 is 10.1 Å². The van der Waals surface area contributed by atoms with Crippen LogP contribution in [0.4, 0.5) is 10.5 Å². The van der Waals surface area contributed by atoms with Gasteiger partial charge >= 0.3 is 6.03 Å². The lowest BCUT2D eigenvalue weighted by Gasteiger charge is -2.11. The van der Waals surface area contributed by atoms with Crippen molar-refractivity contribution in [3.8, 4) is 17.1 Å². The normalized spacial score (nSPS) is 14.7. The number of hydrogen-bond donors (Lipinski definition) is 1. The summed E-state index contributed by atoms with van der Waals surface area (Å²) in [6.45, 7) is 2.12. The van der Waals surface area contributed by atoms with E-state index in [9.17, 15) is 19.7 Å². The molecule has 0 spiro atoms. The monoisotopic (exact) mass is 433 g/mol. The van der Waals surface area contributed by atoms with Gasteiger partial charge in [-0.05, 0) is 30.7 Å². The molecule has 1 aliphatic rings. The van der Waals surface area contributed by atoms with Gasteiger partial charge in [0.2, 0.25) is 0 Å². The molecule has 9 nitrogen and oxygen atoms in total. The van der Waals surface area contributed by atoms with Crippen LogP contribution in [0.25, 0.3) is 17.4 Å². The number of amides is 3. The molecule has 2 heterocycles. The van der Waals surface area contributed by atoms with Gasteiger partial charge in [-0.2, -0.15) is 0 Å². The number of ether oxygens (including phenoxy) is 1. The summed E-state index contributed by atoms with van der Waals surface area (Å²) in [6.07, 6.45) is 1.44. The largest absolute Gasteiger partial charge is 0.496 e. The highest BCUT2D eigenvalue weighted by Crippen LogP contribution is 2.34. The molecule has 1 fully saturated rings. The Morgan fingerprint density at radius 1 is 1.12 bits per heavy atom. The second-order valence-electron chi connectivity index (χ2n) is 7.21. The van der Waals surface area contributed by atoms with Gasteiger partial charge in [-0.1, -0.05) is 29.8 Å². The molecule has 0 bridgehead atoms. The Morgan fingerprint density at radius 3 is 2.56 bits per heavy atom. The minimum atomic E-state index is -0.513. The Bertz CT molecular complexity index is 1240. The van der Waals surface area contributed by atoms with Crippen molar-refractivity contribution in [2.24, 2.45) is 0 Å². The van der Waals surface area contributed by atoms with Gasteiger partial charge in [0.25, 0.3) is 11.6 Å². The van der Waals surface area contributed by atoms with Gasteiger partial charge in [0.15, 0.2) is 0 Å². The van der Waals surface area contributed by atoms with Crippen LogP contribution in [0.5, 0.6) is 5.75 Å². The van der Waals surface area contributed by atoms with E-state index in [0.29, 0.717) is 17.1 Å². The standard InChI is InChI=1S/C23H19N3O6/c1-14-3-5-15(6-4-14)13-25-22(27)19(24-23(25)28)12-17-8-10-20(32-17)18-9-7-16(26(29)30)11-21(18)31-2/h3-12H,13H2,1-2H3,(H,24,28)/b19-12+. The first-order chi connectivity index (χ1) is 15.4. The van der Waals surface area contributed by atoms with Gasteiger partial charge in [0.05, 0.1) is 30.2 Å². The number of carbonyl (C=O) groups excluding carboxylic acids is 2. The van der Waals surface area contributed by atoms with Crippen molar-refractivity contribution in [3.63, 3.8) is 0 Å². The number of carbonyl (C=O) groups is 2. The number of nitrogens with one attached hydrogen (secondary N) is 1. The highest BCUT2D eigenvalue weighted by Gasteiger charge is 2.33. The zero-order chi connectivity index (χ0) is 22.8. The molecule has 0 radical (unpaired) electrons. The first-order valence-corrected chi connectivity index (χ1v) is 9.68. The molecule has 32 heavy (non-hydrogen) atoms. The number of imide groups is 1. The quantitative estimate of drug-likeness (QED) is 0.269. The molecule has 2 aromatic carbocycles. The van der Waals surface area contributed by atoms with Gasteiger partial charge in [-0.15, -0.1) is 0 Å². The molecule has 1 saturated heterocycles. The van der Waals surface area contributed by atoms with Crippen molar-refractivity contribution in [2.45, 2.75) is 13.5 Å². The number of furan rings is 1. The molecule has 0 atom stereocenters. The number of non-ortho nitro benzene ring substituents is 1. The summed E-state index contributed by atoms with van der Waals surface area (Å²) >= 11 is 0. The maximum absolute atomic E-state index is 12.7. The topological polar surface area (TPSA) is 115 Å². The Balaban J connectivity index is 1.55. The fraction of sp³-hybridized carbons (Fsp3) is 0.130. The number of aryl methyl sites for hydroxylation is 1. The number of hydrogen-bond acceptors (Lipinski definition) is 6. The van der Waals surface area contributed by atoms with E-state index in [-0.39, 0.29) is 23.7 Å². The predicted molar refractivity (Wildman–Crippen MR) is 116 cm³/mol. The van der Waals surface area contributed by atoms with Crippen LogP contribution in [0, 0.1) is 17.0 Å². The molecule has 0 unspecified atom stereocenters. The molecule has 9 heteroatoms. The first-order valence-electron chi connectivity index (χ1n) is 9.68. The number of methoxy groups -OCH3 is 1. The van der Waals surface area contributed by atoms with Crippen molar-refractivity contribution in [3.05, 3.63) is 87.3 Å². The number of benzene rings is 2. The lowest BCUT2D eigenvalue weighted by molar-refractivity contribution is -0.384. The summed E-state index contributed by atoms with van der Waals surface area (Å²) < 4.78 is 11.0. The van der Waals surface area contributed by atoms with Gasteiger partial charge in [-0.3, -0.25) is 19.8 Å². The third-order valence-corrected chi connectivity index (χ3v) is 5.00. The SMILES string of the molecule is COc1cc([N+](=O)[O-])ccc1-c1ccc(/C=C2/NC(=O)N(Cc3ccc(C)cc3)C2=O)o1. The summed E-state index contributed by atoms with van der Waals surface area (Å²) in [6, 6.07) is 14.5. The summed E-state index contributed by atoms with van der Waals surface area (Å²) in [4.78, 5) is 36.6. The van der Waals surface area contributed by atoms with Crippen LogP contribution in [0.2, 0.25) is 0 Å². The fourth-order valence-electron chi connectivity index (χ4n) is 3.31. The molecule has 162 valence electrons. The van der Waals surface area contributed by atoms with Gasteiger partial charge in [0.1, 0.15) is 23.0 Å². The van der Waals surface area contributed by atoms with E-state index in [1.165, 1.54) is 31.4 Å². The van der Waals surface area contributed by atoms with E-state index < -0.39 is 16.9 Å². The van der Waals surface area contributed by atoms with E-state index in [1.54, 1.807) is 12.1 Å². The van der Waals surface area contributed by atoms with Crippen LogP contribution in [0.3, 0.4) is 0 Å². The van der Waals surface area contributed by atoms with Crippen molar-refractivity contribution < 1.29 is 23.7 Å². The maximum Gasteiger partial charge on any atom is 0.329 e. The number of urea groups is 1. The van der Waals surface area contributed by atoms with Crippen molar-refractivity contribution >= 4 is 23.7 Å². The third-order valence-electron chi connectivity index (χ3n) is 5.00. The van der Waals surface area contributed by atoms with Crippen LogP contribution >= 0.6 is 0 Å². The second kappa shape index (κ2) is 8.38. The van der Waals surface area contributed by atoms with E-state index in [2.05, 4.69) is 5.32 Å². The van der Waals surface area contributed by atoms with E-state index >= 15 is 0 Å². The molecular weight excluding hydrogens is 414 g/mol. The Kier molecular flexibility index (Phi) is 5.46. The van der Waals surface area contributed by atoms with Gasteiger partial charge in [-0.25, -0.2) is 4.79 Å². The van der Waals surface area contributed by atoms with Crippen LogP contribution in [0.1, 0.15) is 16.9 Å². The molecule has 1 aromatic heterocycles. The lowest BCUT2D eigenvalue weighted by Crippen LogP contribution is -2.30. The first kappa shape index (κ1) is 20.9. The molecule has 0 saturated carbocycles. The zero-order valence-corrected chi connectivity index (χ0v) is 17.3. The van der Waals surface area contributed by atoms with Crippen molar-refractivity contribution in [2.75, 3.05) is 7.11 Å². The maximum atomic E-state index is 12.7. The highest BCUT2D eigenvalue weighted by molar-refractivity contribution is 6.13. The molecule has 3 amide bonds. The number of rotatable bonds is 6. The number of nitrogens with zero attached hydrogens (tertiary/aromatic N) is 2. The minimum Gasteiger partial charge on any atom is -0.496 e. The number of nitro benzene ring substituents is 1. The van der Waals surface area contributed by atoms with Crippen LogP contribution in [0.15, 0.2) is 64.7 Å². The lowest BCUT2D eigenvalue weighted by atomic mass is 10.1. The summed E-state index contributed by atoms with van der Waals surface area (Å²) in [5.74, 6) is 0.557. The molecule has 4 rings (SSSR count).